The second kappa shape index (κ2) is 4.86. The molecule has 0 saturated carbocycles. The van der Waals surface area contributed by atoms with Gasteiger partial charge in [0.15, 0.2) is 4.90 Å². The monoisotopic (exact) mass is 250 g/mol. The predicted molar refractivity (Wildman–Crippen MR) is 55.2 cm³/mol. The Kier molecular flexibility index (Phi) is 3.95. The second-order valence-electron chi connectivity index (χ2n) is 3.31. The number of hydrogen-bond acceptors (Lipinski definition) is 3. The van der Waals surface area contributed by atoms with Gasteiger partial charge in [0, 0.05) is 12.6 Å². The summed E-state index contributed by atoms with van der Waals surface area (Å²) in [6, 6.07) is 2.26. The maximum Gasteiger partial charge on any atom is 0.246 e. The molecule has 0 radical (unpaired) electrons. The zero-order valence-electron chi connectivity index (χ0n) is 8.57. The molecule has 0 aliphatic carbocycles. The van der Waals surface area contributed by atoms with Gasteiger partial charge in [0.1, 0.15) is 11.6 Å². The lowest BCUT2D eigenvalue weighted by Gasteiger charge is -2.12. The quantitative estimate of drug-likeness (QED) is 0.821. The molecule has 7 heteroatoms. The van der Waals surface area contributed by atoms with Crippen LogP contribution in [0.3, 0.4) is 0 Å². The normalized spacial score (nSPS) is 13.8. The molecule has 0 spiro atoms. The highest BCUT2D eigenvalue weighted by molar-refractivity contribution is 7.89. The van der Waals surface area contributed by atoms with Crippen LogP contribution in [0.4, 0.5) is 8.78 Å². The lowest BCUT2D eigenvalue weighted by Crippen LogP contribution is -2.38. The Morgan fingerprint density at radius 3 is 2.31 bits per heavy atom. The molecule has 0 fully saturated rings. The van der Waals surface area contributed by atoms with E-state index in [9.17, 15) is 17.2 Å². The third-order valence-corrected chi connectivity index (χ3v) is 3.54. The first-order valence-electron chi connectivity index (χ1n) is 4.55. The van der Waals surface area contributed by atoms with Crippen LogP contribution >= 0.6 is 0 Å². The van der Waals surface area contributed by atoms with Crippen LogP contribution in [0.2, 0.25) is 0 Å². The summed E-state index contributed by atoms with van der Waals surface area (Å²) in [5.74, 6) is -2.26. The molecule has 0 bridgehead atoms. The molecule has 4 nitrogen and oxygen atoms in total. The topological polar surface area (TPSA) is 72.2 Å². The van der Waals surface area contributed by atoms with E-state index in [0.29, 0.717) is 0 Å². The van der Waals surface area contributed by atoms with E-state index in [4.69, 9.17) is 5.73 Å². The van der Waals surface area contributed by atoms with Crippen LogP contribution in [-0.4, -0.2) is 21.0 Å². The maximum atomic E-state index is 13.2. The molecule has 0 heterocycles. The first-order chi connectivity index (χ1) is 7.38. The average Bonchev–Trinajstić information content (AvgIpc) is 2.16. The summed E-state index contributed by atoms with van der Waals surface area (Å²) in [6.45, 7) is 1.53. The zero-order valence-corrected chi connectivity index (χ0v) is 9.39. The molecule has 0 saturated heterocycles. The van der Waals surface area contributed by atoms with Gasteiger partial charge in [0.05, 0.1) is 0 Å². The Hall–Kier alpha value is -1.05. The lowest BCUT2D eigenvalue weighted by atomic mass is 10.3. The fourth-order valence-electron chi connectivity index (χ4n) is 1.11. The van der Waals surface area contributed by atoms with Gasteiger partial charge in [-0.05, 0) is 19.1 Å². The molecule has 16 heavy (non-hydrogen) atoms. The highest BCUT2D eigenvalue weighted by atomic mass is 32.2. The lowest BCUT2D eigenvalue weighted by molar-refractivity contribution is 0.508. The molecule has 1 atom stereocenters. The largest absolute Gasteiger partial charge is 0.329 e. The Labute approximate surface area is 92.5 Å². The minimum atomic E-state index is -4.21. The van der Waals surface area contributed by atoms with Crippen molar-refractivity contribution in [2.75, 3.05) is 6.54 Å². The molecule has 1 aromatic rings. The van der Waals surface area contributed by atoms with E-state index in [0.717, 1.165) is 18.2 Å². The third kappa shape index (κ3) is 2.75. The van der Waals surface area contributed by atoms with Crippen molar-refractivity contribution in [3.63, 3.8) is 0 Å². The van der Waals surface area contributed by atoms with Gasteiger partial charge in [-0.1, -0.05) is 6.07 Å². The van der Waals surface area contributed by atoms with Crippen molar-refractivity contribution in [1.82, 2.24) is 4.72 Å². The predicted octanol–water partition coefficient (Wildman–Crippen LogP) is 0.590. The van der Waals surface area contributed by atoms with Crippen LogP contribution in [0.25, 0.3) is 0 Å². The summed E-state index contributed by atoms with van der Waals surface area (Å²) >= 11 is 0. The van der Waals surface area contributed by atoms with E-state index in [2.05, 4.69) is 4.72 Å². The van der Waals surface area contributed by atoms with Crippen molar-refractivity contribution in [2.45, 2.75) is 17.9 Å². The van der Waals surface area contributed by atoms with Gasteiger partial charge in [0.25, 0.3) is 0 Å². The Bertz CT molecular complexity index is 456. The van der Waals surface area contributed by atoms with E-state index < -0.39 is 32.6 Å². The summed E-state index contributed by atoms with van der Waals surface area (Å²) in [5, 5.41) is 0. The average molecular weight is 250 g/mol. The molecule has 1 unspecified atom stereocenters. The second-order valence-corrected chi connectivity index (χ2v) is 4.96. The molecule has 1 rings (SSSR count). The number of benzene rings is 1. The zero-order chi connectivity index (χ0) is 12.3. The summed E-state index contributed by atoms with van der Waals surface area (Å²) in [5.41, 5.74) is 5.22. The van der Waals surface area contributed by atoms with E-state index in [-0.39, 0.29) is 6.54 Å². The van der Waals surface area contributed by atoms with Gasteiger partial charge in [0.2, 0.25) is 10.0 Å². The maximum absolute atomic E-state index is 13.2. The fourth-order valence-corrected chi connectivity index (χ4v) is 2.50. The highest BCUT2D eigenvalue weighted by Gasteiger charge is 2.24. The van der Waals surface area contributed by atoms with Crippen molar-refractivity contribution < 1.29 is 17.2 Å². The van der Waals surface area contributed by atoms with Crippen LogP contribution in [0, 0.1) is 11.6 Å². The molecule has 0 aliphatic heterocycles. The first kappa shape index (κ1) is 13.0. The van der Waals surface area contributed by atoms with Gasteiger partial charge < -0.3 is 5.73 Å². The van der Waals surface area contributed by atoms with E-state index in [1.807, 2.05) is 0 Å². The number of halogens is 2. The Morgan fingerprint density at radius 2 is 1.88 bits per heavy atom. The third-order valence-electron chi connectivity index (χ3n) is 1.90. The number of nitrogens with one attached hydrogen (secondary N) is 1. The van der Waals surface area contributed by atoms with Crippen LogP contribution in [0.5, 0.6) is 0 Å². The van der Waals surface area contributed by atoms with Crippen molar-refractivity contribution in [2.24, 2.45) is 5.73 Å². The summed E-state index contributed by atoms with van der Waals surface area (Å²) in [6.07, 6.45) is 0. The Balaban J connectivity index is 3.17. The van der Waals surface area contributed by atoms with Crippen LogP contribution < -0.4 is 10.5 Å². The molecular formula is C9H12F2N2O2S. The number of sulfonamides is 1. The van der Waals surface area contributed by atoms with E-state index in [1.165, 1.54) is 6.92 Å². The van der Waals surface area contributed by atoms with Crippen molar-refractivity contribution in [3.05, 3.63) is 29.8 Å². The van der Waals surface area contributed by atoms with Gasteiger partial charge >= 0.3 is 0 Å². The summed E-state index contributed by atoms with van der Waals surface area (Å²) < 4.78 is 51.7. The van der Waals surface area contributed by atoms with Crippen LogP contribution in [0.1, 0.15) is 6.92 Å². The first-order valence-corrected chi connectivity index (χ1v) is 6.03. The van der Waals surface area contributed by atoms with Crippen molar-refractivity contribution in [3.8, 4) is 0 Å². The number of nitrogens with two attached hydrogens (primary N) is 1. The number of rotatable bonds is 4. The molecule has 1 aromatic carbocycles. The van der Waals surface area contributed by atoms with Crippen LogP contribution in [-0.2, 0) is 10.0 Å². The fraction of sp³-hybridized carbons (Fsp3) is 0.333. The van der Waals surface area contributed by atoms with Crippen molar-refractivity contribution >= 4 is 10.0 Å². The van der Waals surface area contributed by atoms with Crippen molar-refractivity contribution in [1.29, 1.82) is 0 Å². The molecule has 3 N–H and O–H groups in total. The minimum Gasteiger partial charge on any atom is -0.329 e. The minimum absolute atomic E-state index is 0.0370. The van der Waals surface area contributed by atoms with Gasteiger partial charge in [-0.3, -0.25) is 0 Å². The van der Waals surface area contributed by atoms with Gasteiger partial charge in [-0.25, -0.2) is 21.9 Å². The molecule has 90 valence electrons. The summed E-state index contributed by atoms with van der Waals surface area (Å²) in [4.78, 5) is -0.977. The SMILES string of the molecule is CC(CN)NS(=O)(=O)c1c(F)cccc1F. The Morgan fingerprint density at radius 1 is 1.38 bits per heavy atom. The van der Waals surface area contributed by atoms with Gasteiger partial charge in [-0.2, -0.15) is 0 Å². The van der Waals surface area contributed by atoms with E-state index in [1.54, 1.807) is 0 Å². The van der Waals surface area contributed by atoms with Gasteiger partial charge in [-0.15, -0.1) is 0 Å². The van der Waals surface area contributed by atoms with Crippen LogP contribution in [0.15, 0.2) is 23.1 Å². The molecular weight excluding hydrogens is 238 g/mol. The standard InChI is InChI=1S/C9H12F2N2O2S/c1-6(5-12)13-16(14,15)9-7(10)3-2-4-8(9)11/h2-4,6,13H,5,12H2,1H3. The molecule has 0 aliphatic rings. The molecule has 0 aromatic heterocycles. The summed E-state index contributed by atoms with van der Waals surface area (Å²) in [7, 11) is -4.21. The highest BCUT2D eigenvalue weighted by Crippen LogP contribution is 2.18. The smallest absolute Gasteiger partial charge is 0.246 e. The molecule has 0 amide bonds. The number of hydrogen-bond donors (Lipinski definition) is 2. The van der Waals surface area contributed by atoms with E-state index >= 15 is 0 Å².